The molecule has 0 fully saturated rings. The monoisotopic (exact) mass is 368 g/mol. The molecule has 0 radical (unpaired) electrons. The molecule has 2 aromatic carbocycles. The van der Waals surface area contributed by atoms with Crippen molar-refractivity contribution >= 4 is 28.5 Å². The van der Waals surface area contributed by atoms with Gasteiger partial charge in [-0.2, -0.15) is 0 Å². The van der Waals surface area contributed by atoms with Gasteiger partial charge in [0.25, 0.3) is 0 Å². The Kier molecular flexibility index (Phi) is 5.26. The number of nitrogens with one attached hydrogen (secondary N) is 1. The maximum absolute atomic E-state index is 12.9. The Hall–Kier alpha value is -3.15. The number of benzene rings is 2. The van der Waals surface area contributed by atoms with Gasteiger partial charge in [-0.3, -0.25) is 9.59 Å². The van der Waals surface area contributed by atoms with Crippen LogP contribution in [0.4, 0.5) is 10.1 Å². The topological polar surface area (TPSA) is 62.6 Å². The van der Waals surface area contributed by atoms with Crippen LogP contribution in [0.5, 0.6) is 0 Å². The van der Waals surface area contributed by atoms with Gasteiger partial charge >= 0.3 is 0 Å². The van der Waals surface area contributed by atoms with Crippen molar-refractivity contribution in [2.75, 3.05) is 18.9 Å². The molecule has 5 nitrogen and oxygen atoms in total. The fourth-order valence-corrected chi connectivity index (χ4v) is 2.86. The minimum absolute atomic E-state index is 0.0931. The molecule has 0 saturated carbocycles. The lowest BCUT2D eigenvalue weighted by atomic mass is 10.0. The number of carbonyl (C=O) groups excluding carboxylic acids is 2. The van der Waals surface area contributed by atoms with Crippen LogP contribution in [0.2, 0.25) is 0 Å². The van der Waals surface area contributed by atoms with Gasteiger partial charge in [0.2, 0.25) is 11.8 Å². The summed E-state index contributed by atoms with van der Waals surface area (Å²) in [5.41, 5.74) is 4.25. The van der Waals surface area contributed by atoms with Crippen LogP contribution < -0.4 is 5.32 Å². The Morgan fingerprint density at radius 2 is 1.81 bits per heavy atom. The highest BCUT2D eigenvalue weighted by atomic mass is 19.1. The molecule has 1 N–H and O–H groups in total. The molecule has 0 saturated heterocycles. The van der Waals surface area contributed by atoms with Gasteiger partial charge in [0, 0.05) is 23.7 Å². The van der Waals surface area contributed by atoms with Crippen molar-refractivity contribution in [3.05, 3.63) is 65.2 Å². The van der Waals surface area contributed by atoms with E-state index in [2.05, 4.69) is 5.32 Å². The molecule has 0 aliphatic carbocycles. The number of amides is 2. The Morgan fingerprint density at radius 1 is 1.11 bits per heavy atom. The first kappa shape index (κ1) is 18.6. The van der Waals surface area contributed by atoms with E-state index < -0.39 is 0 Å². The third-order valence-electron chi connectivity index (χ3n) is 4.62. The first-order chi connectivity index (χ1) is 12.8. The lowest BCUT2D eigenvalue weighted by Gasteiger charge is -2.16. The van der Waals surface area contributed by atoms with Crippen LogP contribution >= 0.6 is 0 Å². The largest absolute Gasteiger partial charge is 0.464 e. The molecule has 3 rings (SSSR count). The minimum Gasteiger partial charge on any atom is -0.464 e. The number of rotatable bonds is 5. The summed E-state index contributed by atoms with van der Waals surface area (Å²) in [6.45, 7) is 3.90. The molecular formula is C21H21FN2O3. The Morgan fingerprint density at radius 3 is 2.52 bits per heavy atom. The van der Waals surface area contributed by atoms with Gasteiger partial charge in [-0.25, -0.2) is 4.39 Å². The molecule has 2 amide bonds. The normalized spacial score (nSPS) is 10.8. The van der Waals surface area contributed by atoms with Gasteiger partial charge in [-0.15, -0.1) is 0 Å². The lowest BCUT2D eigenvalue weighted by molar-refractivity contribution is -0.132. The summed E-state index contributed by atoms with van der Waals surface area (Å²) in [6, 6.07) is 9.41. The summed E-state index contributed by atoms with van der Waals surface area (Å²) in [7, 11) is 1.57. The zero-order chi connectivity index (χ0) is 19.6. The maximum atomic E-state index is 12.9. The Balaban J connectivity index is 1.63. The summed E-state index contributed by atoms with van der Waals surface area (Å²) in [5.74, 6) is -0.913. The van der Waals surface area contributed by atoms with Gasteiger partial charge in [-0.1, -0.05) is 12.1 Å². The van der Waals surface area contributed by atoms with Crippen LogP contribution in [0.3, 0.4) is 0 Å². The van der Waals surface area contributed by atoms with Crippen LogP contribution in [0.25, 0.3) is 11.0 Å². The number of nitrogens with zero attached hydrogens (tertiary/aromatic N) is 1. The minimum atomic E-state index is -0.377. The molecule has 0 aliphatic heterocycles. The van der Waals surface area contributed by atoms with E-state index >= 15 is 0 Å². The molecule has 0 bridgehead atoms. The average Bonchev–Trinajstić information content (AvgIpc) is 3.03. The zero-order valence-corrected chi connectivity index (χ0v) is 15.5. The van der Waals surface area contributed by atoms with Gasteiger partial charge in [0.1, 0.15) is 11.4 Å². The molecular weight excluding hydrogens is 347 g/mol. The first-order valence-corrected chi connectivity index (χ1v) is 8.61. The summed E-state index contributed by atoms with van der Waals surface area (Å²) in [4.78, 5) is 25.9. The molecule has 6 heteroatoms. The van der Waals surface area contributed by atoms with Gasteiger partial charge in [-0.05, 0) is 49.2 Å². The van der Waals surface area contributed by atoms with Crippen LogP contribution in [-0.2, 0) is 16.0 Å². The number of hydrogen-bond acceptors (Lipinski definition) is 3. The second kappa shape index (κ2) is 7.61. The quantitative estimate of drug-likeness (QED) is 0.744. The summed E-state index contributed by atoms with van der Waals surface area (Å²) in [5, 5.41) is 3.55. The van der Waals surface area contributed by atoms with Crippen LogP contribution in [-0.4, -0.2) is 30.3 Å². The van der Waals surface area contributed by atoms with Crippen molar-refractivity contribution in [1.29, 1.82) is 0 Å². The standard InChI is InChI=1S/C21H21FN2O3/c1-13-4-9-18-15(12-27-21(18)14(13)2)10-20(26)24(3)11-19(25)23-17-7-5-16(22)6-8-17/h4-9,12H,10-11H2,1-3H3,(H,23,25). The molecule has 3 aromatic rings. The summed E-state index contributed by atoms with van der Waals surface area (Å²) < 4.78 is 18.5. The van der Waals surface area contributed by atoms with Crippen molar-refractivity contribution < 1.29 is 18.4 Å². The van der Waals surface area contributed by atoms with Gasteiger partial charge in [0.05, 0.1) is 19.2 Å². The summed E-state index contributed by atoms with van der Waals surface area (Å²) in [6.07, 6.45) is 1.75. The molecule has 0 spiro atoms. The van der Waals surface area contributed by atoms with Crippen molar-refractivity contribution in [2.45, 2.75) is 20.3 Å². The third-order valence-corrected chi connectivity index (χ3v) is 4.62. The van der Waals surface area contributed by atoms with Crippen molar-refractivity contribution in [2.24, 2.45) is 0 Å². The average molecular weight is 368 g/mol. The van der Waals surface area contributed by atoms with E-state index in [1.165, 1.54) is 29.2 Å². The van der Waals surface area contributed by atoms with Gasteiger partial charge < -0.3 is 14.6 Å². The van der Waals surface area contributed by atoms with Crippen LogP contribution in [0.15, 0.2) is 47.1 Å². The molecule has 140 valence electrons. The van der Waals surface area contributed by atoms with E-state index in [0.717, 1.165) is 27.7 Å². The molecule has 0 aliphatic rings. The number of furan rings is 1. The smallest absolute Gasteiger partial charge is 0.243 e. The Bertz CT molecular complexity index is 993. The predicted molar refractivity (Wildman–Crippen MR) is 102 cm³/mol. The summed E-state index contributed by atoms with van der Waals surface area (Å²) >= 11 is 0. The van der Waals surface area contributed by atoms with E-state index in [9.17, 15) is 14.0 Å². The third kappa shape index (κ3) is 4.16. The SMILES string of the molecule is Cc1ccc2c(CC(=O)N(C)CC(=O)Nc3ccc(F)cc3)coc2c1C. The highest BCUT2D eigenvalue weighted by Crippen LogP contribution is 2.27. The number of halogens is 1. The van der Waals surface area contributed by atoms with Crippen LogP contribution in [0, 0.1) is 19.7 Å². The molecule has 1 aromatic heterocycles. The second-order valence-corrected chi connectivity index (χ2v) is 6.63. The number of anilines is 1. The fourth-order valence-electron chi connectivity index (χ4n) is 2.86. The lowest BCUT2D eigenvalue weighted by Crippen LogP contribution is -2.35. The highest BCUT2D eigenvalue weighted by Gasteiger charge is 2.17. The number of hydrogen-bond donors (Lipinski definition) is 1. The highest BCUT2D eigenvalue weighted by molar-refractivity contribution is 5.95. The molecule has 0 atom stereocenters. The Labute approximate surface area is 156 Å². The zero-order valence-electron chi connectivity index (χ0n) is 15.5. The van der Waals surface area contributed by atoms with Crippen molar-refractivity contribution in [1.82, 2.24) is 4.90 Å². The fraction of sp³-hybridized carbons (Fsp3) is 0.238. The maximum Gasteiger partial charge on any atom is 0.243 e. The molecule has 0 unspecified atom stereocenters. The molecule has 1 heterocycles. The van der Waals surface area contributed by atoms with E-state index in [0.29, 0.717) is 5.69 Å². The van der Waals surface area contributed by atoms with E-state index in [1.54, 1.807) is 13.3 Å². The number of aryl methyl sites for hydroxylation is 2. The van der Waals surface area contributed by atoms with Crippen molar-refractivity contribution in [3.63, 3.8) is 0 Å². The van der Waals surface area contributed by atoms with Crippen molar-refractivity contribution in [3.8, 4) is 0 Å². The number of carbonyl (C=O) groups is 2. The van der Waals surface area contributed by atoms with E-state index in [1.807, 2.05) is 26.0 Å². The number of likely N-dealkylation sites (N-methyl/N-ethyl adjacent to an activating group) is 1. The van der Waals surface area contributed by atoms with Crippen LogP contribution in [0.1, 0.15) is 16.7 Å². The van der Waals surface area contributed by atoms with E-state index in [4.69, 9.17) is 4.42 Å². The van der Waals surface area contributed by atoms with Gasteiger partial charge in [0.15, 0.2) is 0 Å². The first-order valence-electron chi connectivity index (χ1n) is 8.61. The predicted octanol–water partition coefficient (Wildman–Crippen LogP) is 3.83. The van der Waals surface area contributed by atoms with E-state index in [-0.39, 0.29) is 30.6 Å². The number of fused-ring (bicyclic) bond motifs is 1. The second-order valence-electron chi connectivity index (χ2n) is 6.63. The molecule has 27 heavy (non-hydrogen) atoms.